The average Bonchev–Trinajstić information content (AvgIpc) is 2.38. The van der Waals surface area contributed by atoms with Gasteiger partial charge < -0.3 is 4.90 Å². The Hall–Kier alpha value is -1.45. The zero-order chi connectivity index (χ0) is 13.1. The number of nitrogens with zero attached hydrogens (tertiary/aromatic N) is 3. The molecule has 1 atom stereocenters. The predicted octanol–water partition coefficient (Wildman–Crippen LogP) is 2.49. The molecule has 1 aliphatic heterocycles. The van der Waals surface area contributed by atoms with Crippen molar-refractivity contribution in [2.75, 3.05) is 6.54 Å². The maximum absolute atomic E-state index is 12.2. The Morgan fingerprint density at radius 1 is 1.44 bits per heavy atom. The topological polar surface area (TPSA) is 46.1 Å². The summed E-state index contributed by atoms with van der Waals surface area (Å²) in [6.45, 7) is 6.69. The van der Waals surface area contributed by atoms with Crippen molar-refractivity contribution in [1.82, 2.24) is 14.9 Å². The summed E-state index contributed by atoms with van der Waals surface area (Å²) < 4.78 is 0. The van der Waals surface area contributed by atoms with E-state index >= 15 is 0 Å². The van der Waals surface area contributed by atoms with Crippen LogP contribution in [0.15, 0.2) is 12.3 Å². The van der Waals surface area contributed by atoms with E-state index in [1.54, 1.807) is 6.20 Å². The van der Waals surface area contributed by atoms with Crippen LogP contribution >= 0.6 is 0 Å². The lowest BCUT2D eigenvalue weighted by atomic mass is 9.99. The number of aryl methyl sites for hydroxylation is 1. The first kappa shape index (κ1) is 13.0. The lowest BCUT2D eigenvalue weighted by Crippen LogP contribution is -2.41. The van der Waals surface area contributed by atoms with E-state index in [-0.39, 0.29) is 17.9 Å². The first-order chi connectivity index (χ1) is 8.59. The normalized spacial score (nSPS) is 20.2. The van der Waals surface area contributed by atoms with Crippen LogP contribution in [0.4, 0.5) is 0 Å². The van der Waals surface area contributed by atoms with Crippen LogP contribution in [0.25, 0.3) is 0 Å². The number of rotatable bonds is 2. The van der Waals surface area contributed by atoms with Gasteiger partial charge in [0.05, 0.1) is 6.04 Å². The number of piperidine rings is 1. The number of hydrogen-bond acceptors (Lipinski definition) is 3. The van der Waals surface area contributed by atoms with E-state index in [0.29, 0.717) is 0 Å². The highest BCUT2D eigenvalue weighted by Gasteiger charge is 2.30. The van der Waals surface area contributed by atoms with E-state index in [1.165, 1.54) is 0 Å². The van der Waals surface area contributed by atoms with Crippen molar-refractivity contribution in [1.29, 1.82) is 0 Å². The standard InChI is InChI=1S/C14H21N3O/c1-10(2)14(18)17-9-5-4-6-12(17)13-15-8-7-11(3)16-13/h7-8,10,12H,4-6,9H2,1-3H3. The Bertz CT molecular complexity index is 431. The van der Waals surface area contributed by atoms with Gasteiger partial charge in [-0.25, -0.2) is 9.97 Å². The molecule has 0 bridgehead atoms. The van der Waals surface area contributed by atoms with Gasteiger partial charge in [0.2, 0.25) is 5.91 Å². The summed E-state index contributed by atoms with van der Waals surface area (Å²) in [4.78, 5) is 23.0. The van der Waals surface area contributed by atoms with Gasteiger partial charge in [0, 0.05) is 24.4 Å². The van der Waals surface area contributed by atoms with E-state index < -0.39 is 0 Å². The zero-order valence-corrected chi connectivity index (χ0v) is 11.4. The minimum Gasteiger partial charge on any atom is -0.332 e. The molecule has 4 nitrogen and oxygen atoms in total. The summed E-state index contributed by atoms with van der Waals surface area (Å²) >= 11 is 0. The molecule has 1 amide bonds. The Labute approximate surface area is 108 Å². The van der Waals surface area contributed by atoms with Crippen molar-refractivity contribution >= 4 is 5.91 Å². The number of likely N-dealkylation sites (tertiary alicyclic amines) is 1. The van der Waals surface area contributed by atoms with Crippen LogP contribution in [0.5, 0.6) is 0 Å². The summed E-state index contributed by atoms with van der Waals surface area (Å²) in [7, 11) is 0. The highest BCUT2D eigenvalue weighted by molar-refractivity contribution is 5.78. The minimum atomic E-state index is 0.0374. The van der Waals surface area contributed by atoms with Gasteiger partial charge in [0.25, 0.3) is 0 Å². The molecule has 4 heteroatoms. The molecule has 1 aliphatic rings. The average molecular weight is 247 g/mol. The highest BCUT2D eigenvalue weighted by Crippen LogP contribution is 2.29. The molecule has 1 unspecified atom stereocenters. The first-order valence-electron chi connectivity index (χ1n) is 6.69. The van der Waals surface area contributed by atoms with Crippen molar-refractivity contribution in [3.8, 4) is 0 Å². The van der Waals surface area contributed by atoms with Gasteiger partial charge in [-0.1, -0.05) is 13.8 Å². The van der Waals surface area contributed by atoms with E-state index in [4.69, 9.17) is 0 Å². The van der Waals surface area contributed by atoms with Gasteiger partial charge in [-0.15, -0.1) is 0 Å². The SMILES string of the molecule is Cc1ccnc(C2CCCCN2C(=O)C(C)C)n1. The Morgan fingerprint density at radius 3 is 2.89 bits per heavy atom. The summed E-state index contributed by atoms with van der Waals surface area (Å²) in [5.41, 5.74) is 0.961. The summed E-state index contributed by atoms with van der Waals surface area (Å²) in [5, 5.41) is 0. The number of aromatic nitrogens is 2. The molecule has 1 aromatic heterocycles. The molecule has 1 aromatic rings. The molecule has 2 heterocycles. The number of carbonyl (C=O) groups excluding carboxylic acids is 1. The van der Waals surface area contributed by atoms with Gasteiger partial charge >= 0.3 is 0 Å². The van der Waals surface area contributed by atoms with Crippen molar-refractivity contribution in [2.24, 2.45) is 5.92 Å². The van der Waals surface area contributed by atoms with Crippen LogP contribution in [0, 0.1) is 12.8 Å². The monoisotopic (exact) mass is 247 g/mol. The van der Waals surface area contributed by atoms with Crippen LogP contribution in [0.1, 0.15) is 50.7 Å². The van der Waals surface area contributed by atoms with Gasteiger partial charge in [0.1, 0.15) is 0 Å². The maximum Gasteiger partial charge on any atom is 0.225 e. The second kappa shape index (κ2) is 5.46. The largest absolute Gasteiger partial charge is 0.332 e. The predicted molar refractivity (Wildman–Crippen MR) is 69.9 cm³/mol. The van der Waals surface area contributed by atoms with E-state index in [1.807, 2.05) is 31.7 Å². The van der Waals surface area contributed by atoms with Crippen LogP contribution in [0.2, 0.25) is 0 Å². The number of hydrogen-bond donors (Lipinski definition) is 0. The fraction of sp³-hybridized carbons (Fsp3) is 0.643. The lowest BCUT2D eigenvalue weighted by molar-refractivity contribution is -0.138. The summed E-state index contributed by atoms with van der Waals surface area (Å²) in [6.07, 6.45) is 4.98. The Morgan fingerprint density at radius 2 is 2.22 bits per heavy atom. The van der Waals surface area contributed by atoms with Crippen molar-refractivity contribution in [3.63, 3.8) is 0 Å². The maximum atomic E-state index is 12.2. The van der Waals surface area contributed by atoms with Gasteiger partial charge in [-0.3, -0.25) is 4.79 Å². The zero-order valence-electron chi connectivity index (χ0n) is 11.4. The van der Waals surface area contributed by atoms with Gasteiger partial charge in [-0.2, -0.15) is 0 Å². The first-order valence-corrected chi connectivity index (χ1v) is 6.69. The number of amides is 1. The molecule has 0 N–H and O–H groups in total. The molecule has 98 valence electrons. The molecule has 0 radical (unpaired) electrons. The molecule has 1 saturated heterocycles. The molecule has 18 heavy (non-hydrogen) atoms. The van der Waals surface area contributed by atoms with Crippen LogP contribution < -0.4 is 0 Å². The summed E-state index contributed by atoms with van der Waals surface area (Å²) in [5.74, 6) is 1.05. The molecule has 0 saturated carbocycles. The minimum absolute atomic E-state index is 0.0374. The Kier molecular flexibility index (Phi) is 3.94. The summed E-state index contributed by atoms with van der Waals surface area (Å²) in [6, 6.07) is 1.95. The Balaban J connectivity index is 2.25. The van der Waals surface area contributed by atoms with Gasteiger partial charge in [-0.05, 0) is 32.3 Å². The van der Waals surface area contributed by atoms with Crippen LogP contribution in [0.3, 0.4) is 0 Å². The molecule has 0 aromatic carbocycles. The third-order valence-electron chi connectivity index (χ3n) is 3.39. The van der Waals surface area contributed by atoms with E-state index in [2.05, 4.69) is 9.97 Å². The van der Waals surface area contributed by atoms with Crippen molar-refractivity contribution < 1.29 is 4.79 Å². The molecular weight excluding hydrogens is 226 g/mol. The second-order valence-corrected chi connectivity index (χ2v) is 5.25. The van der Waals surface area contributed by atoms with Gasteiger partial charge in [0.15, 0.2) is 5.82 Å². The quantitative estimate of drug-likeness (QED) is 0.806. The third kappa shape index (κ3) is 2.68. The fourth-order valence-electron chi connectivity index (χ4n) is 2.42. The molecule has 2 rings (SSSR count). The van der Waals surface area contributed by atoms with Crippen LogP contribution in [-0.4, -0.2) is 27.3 Å². The van der Waals surface area contributed by atoms with E-state index in [9.17, 15) is 4.79 Å². The van der Waals surface area contributed by atoms with E-state index in [0.717, 1.165) is 37.3 Å². The van der Waals surface area contributed by atoms with Crippen molar-refractivity contribution in [3.05, 3.63) is 23.8 Å². The molecule has 0 aliphatic carbocycles. The second-order valence-electron chi connectivity index (χ2n) is 5.25. The third-order valence-corrected chi connectivity index (χ3v) is 3.39. The fourth-order valence-corrected chi connectivity index (χ4v) is 2.42. The highest BCUT2D eigenvalue weighted by atomic mass is 16.2. The van der Waals surface area contributed by atoms with Crippen LogP contribution in [-0.2, 0) is 4.79 Å². The number of carbonyl (C=O) groups is 1. The lowest BCUT2D eigenvalue weighted by Gasteiger charge is -2.35. The smallest absolute Gasteiger partial charge is 0.225 e. The molecule has 1 fully saturated rings. The van der Waals surface area contributed by atoms with Crippen molar-refractivity contribution in [2.45, 2.75) is 46.1 Å². The molecular formula is C14H21N3O. The molecule has 0 spiro atoms.